The molecule has 1 fully saturated rings. The lowest BCUT2D eigenvalue weighted by molar-refractivity contribution is 0.143. The Balaban J connectivity index is 2.07. The molecule has 1 aliphatic rings. The minimum Gasteiger partial charge on any atom is -0.465 e. The first-order chi connectivity index (χ1) is 11.8. The quantitative estimate of drug-likeness (QED) is 0.878. The molecule has 1 N–H and O–H groups in total. The van der Waals surface area contributed by atoms with E-state index < -0.39 is 28.0 Å². The fraction of sp³-hybridized carbons (Fsp3) is 0.375. The normalized spacial score (nSPS) is 19.8. The molecule has 0 radical (unpaired) electrons. The number of carboxylic acid groups (broad SMARTS) is 1. The smallest absolute Gasteiger partial charge is 0.407 e. The molecular weight excluding hydrogens is 349 g/mol. The Bertz CT molecular complexity index is 913. The number of hydrogen-bond acceptors (Lipinski definition) is 4. The van der Waals surface area contributed by atoms with E-state index in [0.717, 1.165) is 6.20 Å². The summed E-state index contributed by atoms with van der Waals surface area (Å²) in [5.41, 5.74) is 0. The molecule has 25 heavy (non-hydrogen) atoms. The lowest BCUT2D eigenvalue weighted by Gasteiger charge is -2.27. The van der Waals surface area contributed by atoms with Crippen molar-refractivity contribution in [1.29, 1.82) is 0 Å². The van der Waals surface area contributed by atoms with Crippen molar-refractivity contribution in [2.75, 3.05) is 19.6 Å². The monoisotopic (exact) mass is 367 g/mol. The summed E-state index contributed by atoms with van der Waals surface area (Å²) >= 11 is 0. The van der Waals surface area contributed by atoms with Crippen LogP contribution < -0.4 is 0 Å². The number of rotatable bonds is 2. The van der Waals surface area contributed by atoms with E-state index in [1.165, 1.54) is 21.5 Å². The zero-order chi connectivity index (χ0) is 18.2. The van der Waals surface area contributed by atoms with Crippen LogP contribution >= 0.6 is 0 Å². The second-order valence-corrected chi connectivity index (χ2v) is 7.88. The van der Waals surface area contributed by atoms with E-state index in [9.17, 15) is 17.6 Å². The first-order valence-electron chi connectivity index (χ1n) is 7.84. The van der Waals surface area contributed by atoms with E-state index in [-0.39, 0.29) is 29.9 Å². The third kappa shape index (κ3) is 3.16. The van der Waals surface area contributed by atoms with Crippen molar-refractivity contribution in [3.63, 3.8) is 0 Å². The van der Waals surface area contributed by atoms with Crippen molar-refractivity contribution in [3.8, 4) is 0 Å². The zero-order valence-corrected chi connectivity index (χ0v) is 14.4. The molecule has 1 aliphatic heterocycles. The van der Waals surface area contributed by atoms with Gasteiger partial charge in [0.05, 0.1) is 11.1 Å². The first kappa shape index (κ1) is 17.6. The highest BCUT2D eigenvalue weighted by molar-refractivity contribution is 7.89. The maximum Gasteiger partial charge on any atom is 0.407 e. The Labute approximate surface area is 144 Å². The Hall–Kier alpha value is -2.26. The van der Waals surface area contributed by atoms with Gasteiger partial charge in [-0.1, -0.05) is 12.1 Å². The van der Waals surface area contributed by atoms with Gasteiger partial charge in [-0.25, -0.2) is 17.6 Å². The Kier molecular flexibility index (Phi) is 4.61. The minimum absolute atomic E-state index is 0.00374. The van der Waals surface area contributed by atoms with E-state index in [4.69, 9.17) is 5.11 Å². The summed E-state index contributed by atoms with van der Waals surface area (Å²) in [6.07, 6.45) is 1.70. The molecule has 0 bridgehead atoms. The van der Waals surface area contributed by atoms with Crippen LogP contribution in [0.15, 0.2) is 35.5 Å². The summed E-state index contributed by atoms with van der Waals surface area (Å²) in [7, 11) is -3.99. The fourth-order valence-corrected chi connectivity index (χ4v) is 5.06. The topological polar surface area (TPSA) is 90.8 Å². The highest BCUT2D eigenvalue weighted by Crippen LogP contribution is 2.29. The average molecular weight is 367 g/mol. The summed E-state index contributed by atoms with van der Waals surface area (Å²) in [5, 5.41) is 9.57. The predicted octanol–water partition coefficient (Wildman–Crippen LogP) is 2.14. The van der Waals surface area contributed by atoms with Gasteiger partial charge in [-0.15, -0.1) is 0 Å². The van der Waals surface area contributed by atoms with Crippen molar-refractivity contribution in [1.82, 2.24) is 14.2 Å². The summed E-state index contributed by atoms with van der Waals surface area (Å²) in [5.74, 6) is -0.702. The number of fused-ring (bicyclic) bond motifs is 1. The second kappa shape index (κ2) is 6.57. The maximum absolute atomic E-state index is 14.3. The highest BCUT2D eigenvalue weighted by Gasteiger charge is 2.34. The number of pyridine rings is 1. The van der Waals surface area contributed by atoms with Crippen molar-refractivity contribution >= 4 is 26.9 Å². The molecule has 1 amide bonds. The molecule has 0 spiro atoms. The van der Waals surface area contributed by atoms with Crippen LogP contribution in [0.4, 0.5) is 9.18 Å². The van der Waals surface area contributed by atoms with Gasteiger partial charge in [0.1, 0.15) is 0 Å². The number of amides is 1. The van der Waals surface area contributed by atoms with Crippen LogP contribution in [0.3, 0.4) is 0 Å². The van der Waals surface area contributed by atoms with Gasteiger partial charge in [0.25, 0.3) is 0 Å². The number of aromatic nitrogens is 1. The van der Waals surface area contributed by atoms with Crippen molar-refractivity contribution < 1.29 is 22.7 Å². The minimum atomic E-state index is -3.99. The number of hydrogen-bond donors (Lipinski definition) is 1. The van der Waals surface area contributed by atoms with Crippen LogP contribution in [-0.2, 0) is 10.0 Å². The summed E-state index contributed by atoms with van der Waals surface area (Å²) in [6, 6.07) is 3.96. The molecule has 1 atom stereocenters. The van der Waals surface area contributed by atoms with Crippen LogP contribution in [0.5, 0.6) is 0 Å². The van der Waals surface area contributed by atoms with Crippen molar-refractivity contribution in [3.05, 3.63) is 36.4 Å². The maximum atomic E-state index is 14.3. The van der Waals surface area contributed by atoms with Gasteiger partial charge in [-0.2, -0.15) is 4.31 Å². The molecule has 0 aliphatic carbocycles. The number of nitrogens with zero attached hydrogens (tertiary/aromatic N) is 3. The highest BCUT2D eigenvalue weighted by atomic mass is 32.2. The van der Waals surface area contributed by atoms with Crippen molar-refractivity contribution in [2.45, 2.75) is 24.3 Å². The zero-order valence-electron chi connectivity index (χ0n) is 13.6. The lowest BCUT2D eigenvalue weighted by atomic mass is 10.2. The molecule has 1 unspecified atom stereocenters. The molecule has 1 aromatic carbocycles. The van der Waals surface area contributed by atoms with Crippen LogP contribution in [-0.4, -0.2) is 59.5 Å². The molecule has 7 nitrogen and oxygen atoms in total. The van der Waals surface area contributed by atoms with E-state index >= 15 is 0 Å². The largest absolute Gasteiger partial charge is 0.465 e. The number of carbonyl (C=O) groups is 1. The van der Waals surface area contributed by atoms with E-state index in [0.29, 0.717) is 11.8 Å². The molecule has 1 saturated heterocycles. The Morgan fingerprint density at radius 2 is 2.08 bits per heavy atom. The molecule has 2 heterocycles. The van der Waals surface area contributed by atoms with Gasteiger partial charge < -0.3 is 10.0 Å². The van der Waals surface area contributed by atoms with Gasteiger partial charge in [0.15, 0.2) is 5.82 Å². The van der Waals surface area contributed by atoms with Crippen LogP contribution in [0.25, 0.3) is 10.8 Å². The predicted molar refractivity (Wildman–Crippen MR) is 89.3 cm³/mol. The summed E-state index contributed by atoms with van der Waals surface area (Å²) in [6.45, 7) is 2.17. The second-order valence-electron chi connectivity index (χ2n) is 6.02. The molecular formula is C16H18FN3O4S. The van der Waals surface area contributed by atoms with E-state index in [1.54, 1.807) is 19.1 Å². The molecule has 0 saturated carbocycles. The van der Waals surface area contributed by atoms with E-state index in [2.05, 4.69) is 4.98 Å². The summed E-state index contributed by atoms with van der Waals surface area (Å²) < 4.78 is 41.8. The number of benzene rings is 1. The lowest BCUT2D eigenvalue weighted by Crippen LogP contribution is -2.43. The summed E-state index contributed by atoms with van der Waals surface area (Å²) in [4.78, 5) is 16.0. The van der Waals surface area contributed by atoms with Gasteiger partial charge >= 0.3 is 6.09 Å². The average Bonchev–Trinajstić information content (AvgIpc) is 2.77. The third-order valence-electron chi connectivity index (χ3n) is 4.34. The van der Waals surface area contributed by atoms with Crippen LogP contribution in [0.2, 0.25) is 0 Å². The first-order valence-corrected chi connectivity index (χ1v) is 9.28. The van der Waals surface area contributed by atoms with E-state index in [1.807, 2.05) is 0 Å². The molecule has 3 rings (SSSR count). The van der Waals surface area contributed by atoms with Gasteiger partial charge in [0.2, 0.25) is 10.0 Å². The number of sulfonamides is 1. The van der Waals surface area contributed by atoms with Crippen LogP contribution in [0, 0.1) is 5.82 Å². The standard InChI is InChI=1S/C16H18FN3O4S/c1-11-10-19(16(21)22)6-3-7-20(11)25(23,24)14-5-2-4-12-8-18-9-13(17)15(12)14/h2,4-5,8-9,11H,3,6-7,10H2,1H3,(H,21,22). The van der Waals surface area contributed by atoms with Gasteiger partial charge in [-0.3, -0.25) is 4.98 Å². The van der Waals surface area contributed by atoms with Gasteiger partial charge in [0, 0.05) is 42.6 Å². The fourth-order valence-electron chi connectivity index (χ4n) is 3.17. The molecule has 134 valence electrons. The Morgan fingerprint density at radius 1 is 1.32 bits per heavy atom. The Morgan fingerprint density at radius 3 is 2.80 bits per heavy atom. The van der Waals surface area contributed by atoms with Crippen LogP contribution in [0.1, 0.15) is 13.3 Å². The molecule has 2 aromatic rings. The number of halogens is 1. The molecule has 1 aromatic heterocycles. The SMILES string of the molecule is CC1CN(C(=O)O)CCCN1S(=O)(=O)c1cccc2cncc(F)c12. The van der Waals surface area contributed by atoms with Crippen molar-refractivity contribution in [2.24, 2.45) is 0 Å². The van der Waals surface area contributed by atoms with Gasteiger partial charge in [-0.05, 0) is 19.4 Å². The third-order valence-corrected chi connectivity index (χ3v) is 6.39. The molecule has 9 heteroatoms.